The fraction of sp³-hybridized carbons (Fsp3) is 0.200. The number of halogens is 4. The molecule has 2 amide bonds. The Morgan fingerprint density at radius 3 is 2.68 bits per heavy atom. The predicted octanol–water partition coefficient (Wildman–Crippen LogP) is 4.53. The number of nitrogens with zero attached hydrogens (tertiary/aromatic N) is 5. The molecule has 1 fully saturated rings. The quantitative estimate of drug-likeness (QED) is 0.238. The molecule has 0 spiro atoms. The monoisotopic (exact) mass is 544 g/mol. The van der Waals surface area contributed by atoms with Gasteiger partial charge in [0.05, 0.1) is 23.0 Å². The summed E-state index contributed by atoms with van der Waals surface area (Å²) in [4.78, 5) is 34.6. The highest BCUT2D eigenvalue weighted by atomic mass is 32.1. The van der Waals surface area contributed by atoms with Gasteiger partial charge in [-0.25, -0.2) is 9.37 Å². The lowest BCUT2D eigenvalue weighted by atomic mass is 10.1. The first-order valence-corrected chi connectivity index (χ1v) is 11.4. The molecule has 2 aromatic rings. The van der Waals surface area contributed by atoms with E-state index < -0.39 is 35.1 Å². The third-order valence-corrected chi connectivity index (χ3v) is 5.79. The number of carbonyl (C=O) groups excluding carboxylic acids is 2. The first kappa shape index (κ1) is 28.1. The summed E-state index contributed by atoms with van der Waals surface area (Å²) >= 11 is 5.43. The summed E-state index contributed by atoms with van der Waals surface area (Å²) in [7, 11) is 0. The Kier molecular flexibility index (Phi) is 8.69. The highest BCUT2D eigenvalue weighted by Gasteiger charge is 2.37. The zero-order valence-electron chi connectivity index (χ0n) is 19.8. The molecular weight excluding hydrogens is 524 g/mol. The lowest BCUT2D eigenvalue weighted by Crippen LogP contribution is -2.44. The first-order valence-electron chi connectivity index (χ1n) is 11.0. The van der Waals surface area contributed by atoms with Gasteiger partial charge in [0.15, 0.2) is 10.8 Å². The van der Waals surface area contributed by atoms with Crippen molar-refractivity contribution in [3.8, 4) is 6.07 Å². The van der Waals surface area contributed by atoms with Gasteiger partial charge in [-0.1, -0.05) is 6.58 Å². The number of rotatable bonds is 7. The average Bonchev–Trinajstić information content (AvgIpc) is 3.02. The van der Waals surface area contributed by atoms with Gasteiger partial charge < -0.3 is 10.2 Å². The van der Waals surface area contributed by atoms with Crippen molar-refractivity contribution in [2.75, 3.05) is 22.9 Å². The van der Waals surface area contributed by atoms with E-state index in [0.29, 0.717) is 11.6 Å². The van der Waals surface area contributed by atoms with Crippen molar-refractivity contribution in [3.63, 3.8) is 0 Å². The average molecular weight is 545 g/mol. The van der Waals surface area contributed by atoms with Crippen LogP contribution in [-0.4, -0.2) is 41.7 Å². The Morgan fingerprint density at radius 1 is 1.32 bits per heavy atom. The minimum atomic E-state index is -4.89. The molecule has 0 unspecified atom stereocenters. The van der Waals surface area contributed by atoms with E-state index in [0.717, 1.165) is 17.2 Å². The molecule has 196 valence electrons. The predicted molar refractivity (Wildman–Crippen MR) is 137 cm³/mol. The number of hydrogen-bond donors (Lipinski definition) is 1. The van der Waals surface area contributed by atoms with E-state index in [1.165, 1.54) is 35.4 Å². The number of alkyl halides is 3. The Bertz CT molecular complexity index is 1380. The molecule has 1 aromatic carbocycles. The standard InChI is InChI=1S/C25H20F4N6O2S/c1-15(7-8-31-2)13-33-23(37)18-6-5-16(11-20(18)26)34-9-3-4-22(36)35(24(34)38)17-10-19(25(27,28)29)21(12-30)32-14-17/h5-8,10-11,14H,1-4,9,13H2,(H,33,37). The lowest BCUT2D eigenvalue weighted by molar-refractivity contribution is -0.138. The number of nitrogens with one attached hydrogen (secondary N) is 1. The normalized spacial score (nSPS) is 14.3. The second-order valence-corrected chi connectivity index (χ2v) is 8.33. The van der Waals surface area contributed by atoms with Crippen LogP contribution in [0, 0.1) is 17.1 Å². The minimum Gasteiger partial charge on any atom is -0.348 e. The molecule has 8 nitrogen and oxygen atoms in total. The molecule has 1 aliphatic heterocycles. The van der Waals surface area contributed by atoms with E-state index in [-0.39, 0.29) is 48.0 Å². The Morgan fingerprint density at radius 2 is 2.05 bits per heavy atom. The van der Waals surface area contributed by atoms with Crippen LogP contribution in [0.25, 0.3) is 0 Å². The highest BCUT2D eigenvalue weighted by Crippen LogP contribution is 2.34. The maximum atomic E-state index is 14.9. The maximum absolute atomic E-state index is 14.9. The Labute approximate surface area is 220 Å². The van der Waals surface area contributed by atoms with E-state index in [9.17, 15) is 27.2 Å². The number of thiocarbonyl (C=S) groups is 1. The van der Waals surface area contributed by atoms with Gasteiger partial charge in [0.1, 0.15) is 11.9 Å². The van der Waals surface area contributed by atoms with Crippen LogP contribution in [0.2, 0.25) is 0 Å². The van der Waals surface area contributed by atoms with Gasteiger partial charge in [0, 0.05) is 31.4 Å². The van der Waals surface area contributed by atoms with Crippen molar-refractivity contribution in [2.24, 2.45) is 4.99 Å². The van der Waals surface area contributed by atoms with Crippen molar-refractivity contribution in [1.82, 2.24) is 10.3 Å². The summed E-state index contributed by atoms with van der Waals surface area (Å²) in [6.45, 7) is 7.20. The van der Waals surface area contributed by atoms with Crippen molar-refractivity contribution in [1.29, 1.82) is 5.26 Å². The molecule has 1 saturated heterocycles. The Balaban J connectivity index is 1.89. The van der Waals surface area contributed by atoms with Crippen LogP contribution in [0.1, 0.15) is 34.5 Å². The number of nitriles is 1. The summed E-state index contributed by atoms with van der Waals surface area (Å²) < 4.78 is 55.4. The molecular formula is C25H20F4N6O2S. The number of benzene rings is 1. The zero-order valence-corrected chi connectivity index (χ0v) is 20.6. The number of carbonyl (C=O) groups is 2. The summed E-state index contributed by atoms with van der Waals surface area (Å²) in [6.07, 6.45) is -0.815. The lowest BCUT2D eigenvalue weighted by Gasteiger charge is -2.30. The number of aliphatic imine (C=N–C) groups is 1. The van der Waals surface area contributed by atoms with Crippen LogP contribution < -0.4 is 15.1 Å². The number of amides is 2. The zero-order chi connectivity index (χ0) is 28.0. The summed E-state index contributed by atoms with van der Waals surface area (Å²) in [6, 6.07) is 5.69. The summed E-state index contributed by atoms with van der Waals surface area (Å²) in [5.41, 5.74) is -2.01. The van der Waals surface area contributed by atoms with E-state index in [2.05, 4.69) is 28.6 Å². The number of hydrogen-bond acceptors (Lipinski definition) is 6. The van der Waals surface area contributed by atoms with Crippen LogP contribution in [-0.2, 0) is 11.0 Å². The number of anilines is 2. The maximum Gasteiger partial charge on any atom is 0.419 e. The van der Waals surface area contributed by atoms with Crippen LogP contribution in [0.5, 0.6) is 0 Å². The SMILES string of the molecule is C=NC=CC(=C)CNC(=O)c1ccc(N2CCCC(=O)N(c3cnc(C#N)c(C(F)(F)F)c3)C2=S)cc1F. The molecule has 38 heavy (non-hydrogen) atoms. The van der Waals surface area contributed by atoms with Crippen LogP contribution in [0.3, 0.4) is 0 Å². The molecule has 1 aliphatic rings. The highest BCUT2D eigenvalue weighted by molar-refractivity contribution is 7.81. The van der Waals surface area contributed by atoms with Gasteiger partial charge in [-0.3, -0.25) is 19.5 Å². The summed E-state index contributed by atoms with van der Waals surface area (Å²) in [5.74, 6) is -2.17. The molecule has 0 bridgehead atoms. The van der Waals surface area contributed by atoms with E-state index in [1.807, 2.05) is 0 Å². The van der Waals surface area contributed by atoms with E-state index >= 15 is 0 Å². The van der Waals surface area contributed by atoms with Crippen LogP contribution in [0.15, 0.2) is 59.9 Å². The van der Waals surface area contributed by atoms with Gasteiger partial charge >= 0.3 is 6.18 Å². The van der Waals surface area contributed by atoms with Gasteiger partial charge in [-0.05, 0) is 61.3 Å². The molecule has 0 aliphatic carbocycles. The van der Waals surface area contributed by atoms with Crippen molar-refractivity contribution in [2.45, 2.75) is 19.0 Å². The fourth-order valence-corrected chi connectivity index (χ4v) is 3.96. The van der Waals surface area contributed by atoms with Gasteiger partial charge in [0.25, 0.3) is 5.91 Å². The topological polar surface area (TPSA) is 102 Å². The molecule has 0 saturated carbocycles. The first-order chi connectivity index (χ1) is 18.0. The largest absolute Gasteiger partial charge is 0.419 e. The van der Waals surface area contributed by atoms with Crippen molar-refractivity contribution >= 4 is 47.2 Å². The van der Waals surface area contributed by atoms with Crippen molar-refractivity contribution in [3.05, 3.63) is 77.5 Å². The second kappa shape index (κ2) is 11.7. The third kappa shape index (κ3) is 6.27. The molecule has 1 N–H and O–H groups in total. The minimum absolute atomic E-state index is 0.0396. The third-order valence-electron chi connectivity index (χ3n) is 5.39. The number of aromatic nitrogens is 1. The van der Waals surface area contributed by atoms with Crippen molar-refractivity contribution < 1.29 is 27.2 Å². The fourth-order valence-electron chi connectivity index (χ4n) is 3.56. The van der Waals surface area contributed by atoms with Gasteiger partial charge in [0.2, 0.25) is 5.91 Å². The van der Waals surface area contributed by atoms with Crippen LogP contribution >= 0.6 is 12.2 Å². The molecule has 0 atom stereocenters. The van der Waals surface area contributed by atoms with Gasteiger partial charge in [-0.2, -0.15) is 18.4 Å². The van der Waals surface area contributed by atoms with E-state index in [4.69, 9.17) is 17.5 Å². The molecule has 1 aromatic heterocycles. The Hall–Kier alpha value is -4.44. The molecule has 2 heterocycles. The number of pyridine rings is 1. The van der Waals surface area contributed by atoms with Gasteiger partial charge in [-0.15, -0.1) is 0 Å². The second-order valence-electron chi connectivity index (χ2n) is 7.97. The van der Waals surface area contributed by atoms with Crippen LogP contribution in [0.4, 0.5) is 28.9 Å². The molecule has 0 radical (unpaired) electrons. The van der Waals surface area contributed by atoms with E-state index in [1.54, 1.807) is 0 Å². The summed E-state index contributed by atoms with van der Waals surface area (Å²) in [5, 5.41) is 11.3. The molecule has 13 heteroatoms. The smallest absolute Gasteiger partial charge is 0.348 e. The molecule has 3 rings (SSSR count).